The van der Waals surface area contributed by atoms with Gasteiger partial charge in [-0.25, -0.2) is 4.98 Å². The third kappa shape index (κ3) is 2.87. The van der Waals surface area contributed by atoms with Gasteiger partial charge in [-0.1, -0.05) is 6.07 Å². The van der Waals surface area contributed by atoms with Crippen molar-refractivity contribution in [3.63, 3.8) is 0 Å². The first kappa shape index (κ1) is 13.0. The molecule has 0 unspecified atom stereocenters. The predicted octanol–water partition coefficient (Wildman–Crippen LogP) is 2.35. The number of aryl methyl sites for hydroxylation is 1. The minimum absolute atomic E-state index is 0.106. The van der Waals surface area contributed by atoms with Gasteiger partial charge in [-0.05, 0) is 17.9 Å². The van der Waals surface area contributed by atoms with Crippen LogP contribution in [0.15, 0.2) is 23.8 Å². The average Bonchev–Trinajstić information content (AvgIpc) is 3.07. The summed E-state index contributed by atoms with van der Waals surface area (Å²) in [4.78, 5) is 16.4. The maximum absolute atomic E-state index is 11.8. The van der Waals surface area contributed by atoms with Crippen molar-refractivity contribution in [2.24, 2.45) is 0 Å². The topological polar surface area (TPSA) is 82.5 Å². The standard InChI is InChI=1S/C13H10N4OS/c14-7-10-11(8-15)17(9-16-10)5-1-3-12(18)13-4-2-6-19-13/h2,4,6,9H,1,3,5H2. The summed E-state index contributed by atoms with van der Waals surface area (Å²) in [6.07, 6.45) is 2.50. The van der Waals surface area contributed by atoms with E-state index >= 15 is 0 Å². The Morgan fingerprint density at radius 1 is 1.42 bits per heavy atom. The monoisotopic (exact) mass is 270 g/mol. The van der Waals surface area contributed by atoms with Gasteiger partial charge in [0.15, 0.2) is 17.2 Å². The molecule has 19 heavy (non-hydrogen) atoms. The maximum atomic E-state index is 11.8. The van der Waals surface area contributed by atoms with Crippen LogP contribution >= 0.6 is 11.3 Å². The van der Waals surface area contributed by atoms with Crippen LogP contribution in [0.3, 0.4) is 0 Å². The molecule has 0 N–H and O–H groups in total. The Kier molecular flexibility index (Phi) is 4.07. The largest absolute Gasteiger partial charge is 0.321 e. The molecule has 0 aliphatic heterocycles. The van der Waals surface area contributed by atoms with Gasteiger partial charge in [-0.15, -0.1) is 11.3 Å². The quantitative estimate of drug-likeness (QED) is 0.781. The SMILES string of the molecule is N#Cc1ncn(CCCC(=O)c2cccs2)c1C#N. The van der Waals surface area contributed by atoms with E-state index in [1.54, 1.807) is 10.6 Å². The van der Waals surface area contributed by atoms with Gasteiger partial charge in [-0.3, -0.25) is 4.79 Å². The molecule has 2 aromatic rings. The van der Waals surface area contributed by atoms with Crippen molar-refractivity contribution in [3.8, 4) is 12.1 Å². The van der Waals surface area contributed by atoms with Gasteiger partial charge in [0.2, 0.25) is 0 Å². The first-order valence-electron chi connectivity index (χ1n) is 5.68. The predicted molar refractivity (Wildman–Crippen MR) is 69.5 cm³/mol. The van der Waals surface area contributed by atoms with E-state index in [1.165, 1.54) is 17.7 Å². The second-order valence-corrected chi connectivity index (χ2v) is 4.81. The van der Waals surface area contributed by atoms with Crippen LogP contribution in [-0.4, -0.2) is 15.3 Å². The molecule has 0 spiro atoms. The lowest BCUT2D eigenvalue weighted by atomic mass is 10.2. The van der Waals surface area contributed by atoms with Crippen molar-refractivity contribution >= 4 is 17.1 Å². The first-order chi connectivity index (χ1) is 9.26. The number of Topliss-reactive ketones (excluding diaryl/α,β-unsaturated/α-hetero) is 1. The van der Waals surface area contributed by atoms with Crippen molar-refractivity contribution < 1.29 is 4.79 Å². The van der Waals surface area contributed by atoms with E-state index in [4.69, 9.17) is 10.5 Å². The second kappa shape index (κ2) is 5.94. The Hall–Kier alpha value is -2.44. The molecule has 0 saturated carbocycles. The van der Waals surface area contributed by atoms with E-state index in [0.29, 0.717) is 19.4 Å². The summed E-state index contributed by atoms with van der Waals surface area (Å²) in [7, 11) is 0. The molecule has 5 nitrogen and oxygen atoms in total. The molecule has 0 bridgehead atoms. The highest BCUT2D eigenvalue weighted by Gasteiger charge is 2.11. The fraction of sp³-hybridized carbons (Fsp3) is 0.231. The smallest absolute Gasteiger partial charge is 0.176 e. The van der Waals surface area contributed by atoms with Gasteiger partial charge in [0.05, 0.1) is 11.2 Å². The van der Waals surface area contributed by atoms with Crippen LogP contribution in [0.4, 0.5) is 0 Å². The Morgan fingerprint density at radius 2 is 2.26 bits per heavy atom. The number of carbonyl (C=O) groups is 1. The number of nitriles is 2. The number of ketones is 1. The van der Waals surface area contributed by atoms with Gasteiger partial charge in [0.1, 0.15) is 12.1 Å². The zero-order valence-corrected chi connectivity index (χ0v) is 10.9. The van der Waals surface area contributed by atoms with E-state index in [0.717, 1.165) is 4.88 Å². The highest BCUT2D eigenvalue weighted by Crippen LogP contribution is 2.13. The van der Waals surface area contributed by atoms with Gasteiger partial charge in [0, 0.05) is 13.0 Å². The van der Waals surface area contributed by atoms with Gasteiger partial charge in [-0.2, -0.15) is 10.5 Å². The molecule has 0 aliphatic rings. The van der Waals surface area contributed by atoms with E-state index in [2.05, 4.69) is 4.98 Å². The van der Waals surface area contributed by atoms with Crippen LogP contribution in [-0.2, 0) is 6.54 Å². The minimum atomic E-state index is 0.106. The molecule has 2 aromatic heterocycles. The molecule has 2 heterocycles. The maximum Gasteiger partial charge on any atom is 0.176 e. The Morgan fingerprint density at radius 3 is 2.89 bits per heavy atom. The third-order valence-corrected chi connectivity index (χ3v) is 3.56. The van der Waals surface area contributed by atoms with E-state index in [1.807, 2.05) is 23.6 Å². The highest BCUT2D eigenvalue weighted by atomic mass is 32.1. The van der Waals surface area contributed by atoms with Crippen molar-refractivity contribution in [1.29, 1.82) is 10.5 Å². The lowest BCUT2D eigenvalue weighted by molar-refractivity contribution is 0.0982. The van der Waals surface area contributed by atoms with Crippen LogP contribution in [0.5, 0.6) is 0 Å². The van der Waals surface area contributed by atoms with E-state index < -0.39 is 0 Å². The minimum Gasteiger partial charge on any atom is -0.321 e. The Balaban J connectivity index is 1.94. The molecular weight excluding hydrogens is 260 g/mol. The number of imidazole rings is 1. The molecule has 94 valence electrons. The number of aromatic nitrogens is 2. The molecule has 0 amide bonds. The first-order valence-corrected chi connectivity index (χ1v) is 6.56. The number of nitrogens with zero attached hydrogens (tertiary/aromatic N) is 4. The molecule has 0 radical (unpaired) electrons. The number of hydrogen-bond donors (Lipinski definition) is 0. The van der Waals surface area contributed by atoms with Crippen LogP contribution in [0, 0.1) is 22.7 Å². The zero-order valence-electron chi connectivity index (χ0n) is 10.0. The second-order valence-electron chi connectivity index (χ2n) is 3.86. The Bertz CT molecular complexity index is 658. The average molecular weight is 270 g/mol. The van der Waals surface area contributed by atoms with Crippen LogP contribution in [0.25, 0.3) is 0 Å². The molecule has 0 atom stereocenters. The number of carbonyl (C=O) groups excluding carboxylic acids is 1. The molecule has 2 rings (SSSR count). The molecule has 0 fully saturated rings. The van der Waals surface area contributed by atoms with Gasteiger partial charge in [0.25, 0.3) is 0 Å². The fourth-order valence-corrected chi connectivity index (χ4v) is 2.42. The number of rotatable bonds is 5. The van der Waals surface area contributed by atoms with Crippen molar-refractivity contribution in [1.82, 2.24) is 9.55 Å². The molecule has 6 heteroatoms. The van der Waals surface area contributed by atoms with Crippen molar-refractivity contribution in [2.45, 2.75) is 19.4 Å². The summed E-state index contributed by atoms with van der Waals surface area (Å²) < 4.78 is 1.61. The van der Waals surface area contributed by atoms with E-state index in [9.17, 15) is 4.79 Å². The fourth-order valence-electron chi connectivity index (χ4n) is 1.72. The molecule has 0 aliphatic carbocycles. The lowest BCUT2D eigenvalue weighted by Gasteiger charge is -2.02. The van der Waals surface area contributed by atoms with Crippen LogP contribution in [0.1, 0.15) is 33.9 Å². The highest BCUT2D eigenvalue weighted by molar-refractivity contribution is 7.12. The summed E-state index contributed by atoms with van der Waals surface area (Å²) in [6, 6.07) is 7.48. The Labute approximate surface area is 114 Å². The van der Waals surface area contributed by atoms with Gasteiger partial charge >= 0.3 is 0 Å². The van der Waals surface area contributed by atoms with Crippen molar-refractivity contribution in [2.75, 3.05) is 0 Å². The summed E-state index contributed by atoms with van der Waals surface area (Å²) >= 11 is 1.43. The molecule has 0 aromatic carbocycles. The van der Waals surface area contributed by atoms with Crippen LogP contribution < -0.4 is 0 Å². The summed E-state index contributed by atoms with van der Waals surface area (Å²) in [5.74, 6) is 0.106. The van der Waals surface area contributed by atoms with Gasteiger partial charge < -0.3 is 4.57 Å². The normalized spacial score (nSPS) is 9.79. The molecule has 0 saturated heterocycles. The number of thiophene rings is 1. The lowest BCUT2D eigenvalue weighted by Crippen LogP contribution is -2.03. The van der Waals surface area contributed by atoms with E-state index in [-0.39, 0.29) is 17.2 Å². The zero-order chi connectivity index (χ0) is 13.7. The summed E-state index contributed by atoms with van der Waals surface area (Å²) in [5.41, 5.74) is 0.387. The van der Waals surface area contributed by atoms with Crippen LogP contribution in [0.2, 0.25) is 0 Å². The number of hydrogen-bond acceptors (Lipinski definition) is 5. The van der Waals surface area contributed by atoms with Crippen molar-refractivity contribution in [3.05, 3.63) is 40.1 Å². The summed E-state index contributed by atoms with van der Waals surface area (Å²) in [5, 5.41) is 19.6. The third-order valence-electron chi connectivity index (χ3n) is 2.65. The molecular formula is C13H10N4OS. The summed E-state index contributed by atoms with van der Waals surface area (Å²) in [6.45, 7) is 0.509.